The predicted octanol–water partition coefficient (Wildman–Crippen LogP) is 4.19. The van der Waals surface area contributed by atoms with Crippen molar-refractivity contribution in [3.05, 3.63) is 41.5 Å². The summed E-state index contributed by atoms with van der Waals surface area (Å²) in [4.78, 5) is 0. The van der Waals surface area contributed by atoms with Crippen LogP contribution in [-0.4, -0.2) is 0 Å². The van der Waals surface area contributed by atoms with Gasteiger partial charge in [0.05, 0.1) is 0 Å². The van der Waals surface area contributed by atoms with E-state index in [1.54, 1.807) is 0 Å². The van der Waals surface area contributed by atoms with E-state index in [0.29, 0.717) is 0 Å². The molecular formula is C13H15ClPd. The second kappa shape index (κ2) is 3.74. The van der Waals surface area contributed by atoms with Crippen molar-refractivity contribution in [2.75, 3.05) is 0 Å². The summed E-state index contributed by atoms with van der Waals surface area (Å²) in [6.07, 6.45) is 4.50. The molecule has 1 aromatic carbocycles. The maximum atomic E-state index is 6.28. The molecule has 1 aliphatic rings. The average molecular weight is 313 g/mol. The Morgan fingerprint density at radius 3 is 2.47 bits per heavy atom. The summed E-state index contributed by atoms with van der Waals surface area (Å²) in [7, 11) is 6.28. The van der Waals surface area contributed by atoms with Gasteiger partial charge in [-0.25, -0.2) is 0 Å². The zero-order chi connectivity index (χ0) is 11.1. The fraction of sp³-hybridized carbons (Fsp3) is 0.385. The molecule has 0 heterocycles. The van der Waals surface area contributed by atoms with E-state index in [1.165, 1.54) is 11.1 Å². The molecular weight excluding hydrogens is 298 g/mol. The first-order valence-electron chi connectivity index (χ1n) is 5.02. The molecule has 0 aliphatic heterocycles. The van der Waals surface area contributed by atoms with Crippen LogP contribution in [0.15, 0.2) is 30.3 Å². The first-order valence-corrected chi connectivity index (χ1v) is 7.79. The van der Waals surface area contributed by atoms with Gasteiger partial charge in [-0.05, 0) is 0 Å². The van der Waals surface area contributed by atoms with Crippen molar-refractivity contribution in [3.63, 3.8) is 0 Å². The number of hydrogen-bond acceptors (Lipinski definition) is 0. The molecule has 1 atom stereocenters. The first kappa shape index (κ1) is 11.4. The molecule has 0 amide bonds. The third-order valence-corrected chi connectivity index (χ3v) is 6.38. The number of hydrogen-bond donors (Lipinski definition) is 0. The Bertz CT molecular complexity index is 403. The normalized spacial score (nSPS) is 24.5. The Labute approximate surface area is 104 Å². The number of halogens is 1. The van der Waals surface area contributed by atoms with Gasteiger partial charge in [-0.3, -0.25) is 0 Å². The number of fused-ring (bicyclic) bond motifs is 1. The summed E-state index contributed by atoms with van der Waals surface area (Å²) in [6.45, 7) is 6.79. The van der Waals surface area contributed by atoms with Gasteiger partial charge in [0.2, 0.25) is 0 Å². The standard InChI is InChI=1S/C13H15.ClH.Pd/c1-13(2,3)12-9-8-10-6-4-5-7-11(10)12;;/h4-9H,1-3H3;1H;/q;;+1/p-1. The molecule has 2 rings (SSSR count). The summed E-state index contributed by atoms with van der Waals surface area (Å²) >= 11 is 0.180. The van der Waals surface area contributed by atoms with Crippen molar-refractivity contribution in [1.82, 2.24) is 0 Å². The molecule has 15 heavy (non-hydrogen) atoms. The molecule has 84 valence electrons. The van der Waals surface area contributed by atoms with Crippen LogP contribution in [0.3, 0.4) is 0 Å². The molecule has 1 aromatic rings. The van der Waals surface area contributed by atoms with Gasteiger partial charge >= 0.3 is 104 Å². The van der Waals surface area contributed by atoms with Crippen LogP contribution in [0.2, 0.25) is 0 Å². The Morgan fingerprint density at radius 2 is 1.87 bits per heavy atom. The summed E-state index contributed by atoms with van der Waals surface area (Å²) in [5, 5.41) is 0. The van der Waals surface area contributed by atoms with E-state index in [-0.39, 0.29) is 26.3 Å². The van der Waals surface area contributed by atoms with Crippen LogP contribution in [0.25, 0.3) is 6.08 Å². The molecule has 0 N–H and O–H groups in total. The van der Waals surface area contributed by atoms with E-state index in [0.717, 1.165) is 0 Å². The molecule has 0 fully saturated rings. The van der Waals surface area contributed by atoms with Crippen LogP contribution in [0, 0.1) is 5.41 Å². The molecule has 1 aliphatic carbocycles. The number of allylic oxidation sites excluding steroid dienone is 1. The molecule has 0 saturated carbocycles. The van der Waals surface area contributed by atoms with E-state index in [9.17, 15) is 0 Å². The van der Waals surface area contributed by atoms with E-state index >= 15 is 0 Å². The molecule has 2 heteroatoms. The minimum atomic E-state index is 0.0412. The summed E-state index contributed by atoms with van der Waals surface area (Å²) in [5.74, 6) is 0. The van der Waals surface area contributed by atoms with Crippen molar-refractivity contribution in [3.8, 4) is 0 Å². The van der Waals surface area contributed by atoms with Gasteiger partial charge in [0.25, 0.3) is 0 Å². The fourth-order valence-electron chi connectivity index (χ4n) is 2.04. The van der Waals surface area contributed by atoms with Crippen LogP contribution in [0.1, 0.15) is 31.9 Å². The third kappa shape index (κ3) is 1.62. The van der Waals surface area contributed by atoms with Gasteiger partial charge in [0, 0.05) is 0 Å². The Hall–Kier alpha value is -0.0877. The summed E-state index contributed by atoms with van der Waals surface area (Å²) < 4.78 is 0.0412. The van der Waals surface area contributed by atoms with E-state index < -0.39 is 0 Å². The minimum absolute atomic E-state index is 0.0412. The Kier molecular flexibility index (Phi) is 2.84. The van der Waals surface area contributed by atoms with Crippen molar-refractivity contribution in [2.24, 2.45) is 5.41 Å². The van der Waals surface area contributed by atoms with Crippen LogP contribution >= 0.6 is 9.53 Å². The van der Waals surface area contributed by atoms with E-state index in [2.05, 4.69) is 57.2 Å². The predicted molar refractivity (Wildman–Crippen MR) is 62.5 cm³/mol. The maximum absolute atomic E-state index is 6.28. The van der Waals surface area contributed by atoms with Crippen molar-refractivity contribution in [1.29, 1.82) is 0 Å². The third-order valence-electron chi connectivity index (χ3n) is 2.96. The van der Waals surface area contributed by atoms with Crippen LogP contribution in [-0.2, 0) is 20.8 Å². The quantitative estimate of drug-likeness (QED) is 0.682. The van der Waals surface area contributed by atoms with E-state index in [1.807, 2.05) is 0 Å². The van der Waals surface area contributed by atoms with Gasteiger partial charge in [-0.15, -0.1) is 0 Å². The van der Waals surface area contributed by atoms with Crippen molar-refractivity contribution >= 4 is 15.6 Å². The molecule has 0 aromatic heterocycles. The van der Waals surface area contributed by atoms with Gasteiger partial charge in [0.1, 0.15) is 0 Å². The van der Waals surface area contributed by atoms with E-state index in [4.69, 9.17) is 9.53 Å². The van der Waals surface area contributed by atoms with Crippen LogP contribution in [0.4, 0.5) is 0 Å². The van der Waals surface area contributed by atoms with Gasteiger partial charge in [-0.1, -0.05) is 0 Å². The zero-order valence-electron chi connectivity index (χ0n) is 9.16. The summed E-state index contributed by atoms with van der Waals surface area (Å²) in [6, 6.07) is 8.57. The second-order valence-corrected chi connectivity index (χ2v) is 7.12. The van der Waals surface area contributed by atoms with Crippen molar-refractivity contribution in [2.45, 2.75) is 24.7 Å². The van der Waals surface area contributed by atoms with Crippen LogP contribution in [0.5, 0.6) is 0 Å². The number of rotatable bonds is 1. The summed E-state index contributed by atoms with van der Waals surface area (Å²) in [5.41, 5.74) is 2.89. The zero-order valence-corrected chi connectivity index (χ0v) is 11.5. The SMILES string of the molecule is CC(C)(C)[C]1([Pd][Cl])C=Cc2ccccc21. The molecule has 0 radical (unpaired) electrons. The average Bonchev–Trinajstić information content (AvgIpc) is 2.56. The molecule has 0 bridgehead atoms. The molecule has 0 nitrogen and oxygen atoms in total. The second-order valence-electron chi connectivity index (χ2n) is 4.89. The van der Waals surface area contributed by atoms with Gasteiger partial charge < -0.3 is 0 Å². The first-order chi connectivity index (χ1) is 7.01. The van der Waals surface area contributed by atoms with Crippen LogP contribution < -0.4 is 0 Å². The Balaban J connectivity index is 2.61. The Morgan fingerprint density at radius 1 is 1.20 bits per heavy atom. The molecule has 0 spiro atoms. The van der Waals surface area contributed by atoms with Crippen molar-refractivity contribution < 1.29 is 17.0 Å². The number of benzene rings is 1. The monoisotopic (exact) mass is 312 g/mol. The molecule has 1 unspecified atom stereocenters. The van der Waals surface area contributed by atoms with Gasteiger partial charge in [-0.2, -0.15) is 0 Å². The topological polar surface area (TPSA) is 0 Å². The molecule has 0 saturated heterocycles. The van der Waals surface area contributed by atoms with Gasteiger partial charge in [0.15, 0.2) is 0 Å². The fourth-order valence-corrected chi connectivity index (χ4v) is 4.90.